The minimum Gasteiger partial charge on any atom is -0.466 e. The summed E-state index contributed by atoms with van der Waals surface area (Å²) in [7, 11) is 1.28. The maximum absolute atomic E-state index is 10.8. The molecule has 0 aliphatic heterocycles. The fourth-order valence-corrected chi connectivity index (χ4v) is 0.903. The third kappa shape index (κ3) is 3.22. The van der Waals surface area contributed by atoms with Gasteiger partial charge in [0.05, 0.1) is 12.8 Å². The molecule has 0 radical (unpaired) electrons. The topological polar surface area (TPSA) is 82.3 Å². The van der Waals surface area contributed by atoms with Crippen LogP contribution in [-0.2, 0) is 9.53 Å². The number of carbonyl (C=O) groups is 2. The van der Waals surface area contributed by atoms with E-state index in [2.05, 4.69) is 9.72 Å². The van der Waals surface area contributed by atoms with Crippen LogP contribution < -0.4 is 5.73 Å². The molecule has 2 N–H and O–H groups in total. The van der Waals surface area contributed by atoms with E-state index < -0.39 is 11.9 Å². The molecule has 1 amide bonds. The number of pyridine rings is 1. The molecule has 0 aromatic carbocycles. The van der Waals surface area contributed by atoms with Gasteiger partial charge in [0.25, 0.3) is 5.91 Å². The zero-order chi connectivity index (χ0) is 11.3. The van der Waals surface area contributed by atoms with Crippen molar-refractivity contribution in [3.8, 4) is 0 Å². The van der Waals surface area contributed by atoms with E-state index in [0.717, 1.165) is 0 Å². The number of hydrogen-bond donors (Lipinski definition) is 1. The van der Waals surface area contributed by atoms with Gasteiger partial charge in [-0.2, -0.15) is 0 Å². The normalized spacial score (nSPS) is 10.2. The first-order valence-electron chi connectivity index (χ1n) is 4.16. The summed E-state index contributed by atoms with van der Waals surface area (Å²) in [6.45, 7) is 0. The van der Waals surface area contributed by atoms with E-state index in [1.165, 1.54) is 25.3 Å². The third-order valence-electron chi connectivity index (χ3n) is 1.61. The van der Waals surface area contributed by atoms with Crippen LogP contribution in [0.25, 0.3) is 6.08 Å². The Morgan fingerprint density at radius 1 is 1.47 bits per heavy atom. The van der Waals surface area contributed by atoms with Crippen LogP contribution in [0.4, 0.5) is 0 Å². The number of ether oxygens (including phenoxy) is 1. The number of amides is 1. The predicted octanol–water partition coefficient (Wildman–Crippen LogP) is 0.367. The smallest absolute Gasteiger partial charge is 0.330 e. The van der Waals surface area contributed by atoms with Gasteiger partial charge < -0.3 is 10.5 Å². The second-order valence-corrected chi connectivity index (χ2v) is 2.67. The molecule has 78 valence electrons. The minimum atomic E-state index is -0.608. The Labute approximate surface area is 86.6 Å². The van der Waals surface area contributed by atoms with Crippen LogP contribution in [0, 0.1) is 0 Å². The quantitative estimate of drug-likeness (QED) is 0.572. The molecule has 1 rings (SSSR count). The molecule has 15 heavy (non-hydrogen) atoms. The van der Waals surface area contributed by atoms with Crippen LogP contribution in [0.2, 0.25) is 0 Å². The Morgan fingerprint density at radius 3 is 2.80 bits per heavy atom. The van der Waals surface area contributed by atoms with E-state index in [4.69, 9.17) is 5.73 Å². The Bertz CT molecular complexity index is 413. The average Bonchev–Trinajstić information content (AvgIpc) is 2.26. The molecule has 0 saturated carbocycles. The molecule has 5 heteroatoms. The molecule has 0 fully saturated rings. The van der Waals surface area contributed by atoms with E-state index in [-0.39, 0.29) is 5.69 Å². The average molecular weight is 206 g/mol. The van der Waals surface area contributed by atoms with Gasteiger partial charge in [-0.15, -0.1) is 0 Å². The van der Waals surface area contributed by atoms with Crippen LogP contribution in [0.15, 0.2) is 24.3 Å². The van der Waals surface area contributed by atoms with Crippen LogP contribution in [0.3, 0.4) is 0 Å². The second kappa shape index (κ2) is 4.90. The molecular formula is C10H10N2O3. The highest BCUT2D eigenvalue weighted by Crippen LogP contribution is 2.01. The number of hydrogen-bond acceptors (Lipinski definition) is 4. The fraction of sp³-hybridized carbons (Fsp3) is 0.100. The zero-order valence-corrected chi connectivity index (χ0v) is 8.14. The fourth-order valence-electron chi connectivity index (χ4n) is 0.903. The van der Waals surface area contributed by atoms with E-state index >= 15 is 0 Å². The van der Waals surface area contributed by atoms with Crippen LogP contribution in [0.5, 0.6) is 0 Å². The van der Waals surface area contributed by atoms with Crippen molar-refractivity contribution in [3.63, 3.8) is 0 Å². The number of methoxy groups -OCH3 is 1. The largest absolute Gasteiger partial charge is 0.466 e. The molecule has 1 aromatic heterocycles. The van der Waals surface area contributed by atoms with Gasteiger partial charge in [0.15, 0.2) is 0 Å². The van der Waals surface area contributed by atoms with Gasteiger partial charge in [0.1, 0.15) is 5.69 Å². The Hall–Kier alpha value is -2.17. The van der Waals surface area contributed by atoms with Gasteiger partial charge in [0, 0.05) is 6.08 Å². The van der Waals surface area contributed by atoms with Crippen LogP contribution >= 0.6 is 0 Å². The van der Waals surface area contributed by atoms with Crippen molar-refractivity contribution in [3.05, 3.63) is 35.7 Å². The van der Waals surface area contributed by atoms with Crippen LogP contribution in [-0.4, -0.2) is 24.0 Å². The summed E-state index contributed by atoms with van der Waals surface area (Å²) in [6, 6.07) is 4.77. The first-order chi connectivity index (χ1) is 7.13. The first kappa shape index (κ1) is 10.9. The Morgan fingerprint density at radius 2 is 2.20 bits per heavy atom. The number of primary amides is 1. The lowest BCUT2D eigenvalue weighted by atomic mass is 10.3. The summed E-state index contributed by atoms with van der Waals surface area (Å²) in [5.74, 6) is -1.09. The van der Waals surface area contributed by atoms with Gasteiger partial charge >= 0.3 is 5.97 Å². The molecular weight excluding hydrogens is 196 g/mol. The highest BCUT2D eigenvalue weighted by molar-refractivity contribution is 5.91. The number of carbonyl (C=O) groups excluding carboxylic acids is 2. The molecule has 0 aliphatic rings. The predicted molar refractivity (Wildman–Crippen MR) is 53.8 cm³/mol. The number of aromatic nitrogens is 1. The summed E-state index contributed by atoms with van der Waals surface area (Å²) in [5.41, 5.74) is 5.67. The van der Waals surface area contributed by atoms with Crippen LogP contribution in [0.1, 0.15) is 16.2 Å². The molecule has 0 bridgehead atoms. The lowest BCUT2D eigenvalue weighted by Crippen LogP contribution is -2.13. The molecule has 5 nitrogen and oxygen atoms in total. The van der Waals surface area contributed by atoms with E-state index in [1.807, 2.05) is 0 Å². The highest BCUT2D eigenvalue weighted by atomic mass is 16.5. The molecule has 0 atom stereocenters. The zero-order valence-electron chi connectivity index (χ0n) is 8.14. The van der Waals surface area contributed by atoms with Gasteiger partial charge in [-0.05, 0) is 18.2 Å². The summed E-state index contributed by atoms with van der Waals surface area (Å²) in [4.78, 5) is 25.5. The second-order valence-electron chi connectivity index (χ2n) is 2.67. The number of nitrogens with two attached hydrogens (primary N) is 1. The molecule has 0 aliphatic carbocycles. The summed E-state index contributed by atoms with van der Waals surface area (Å²) < 4.78 is 4.40. The molecule has 0 unspecified atom stereocenters. The lowest BCUT2D eigenvalue weighted by Gasteiger charge is -1.96. The van der Waals surface area contributed by atoms with Gasteiger partial charge in [-0.3, -0.25) is 4.79 Å². The van der Waals surface area contributed by atoms with Crippen molar-refractivity contribution in [1.29, 1.82) is 0 Å². The SMILES string of the molecule is COC(=O)C=Cc1cccc(C(N)=O)n1. The van der Waals surface area contributed by atoms with E-state index in [9.17, 15) is 9.59 Å². The molecule has 0 spiro atoms. The van der Waals surface area contributed by atoms with Crippen molar-refractivity contribution >= 4 is 18.0 Å². The summed E-state index contributed by atoms with van der Waals surface area (Å²) in [6.07, 6.45) is 2.66. The number of nitrogens with zero attached hydrogens (tertiary/aromatic N) is 1. The maximum Gasteiger partial charge on any atom is 0.330 e. The van der Waals surface area contributed by atoms with Gasteiger partial charge in [-0.25, -0.2) is 9.78 Å². The van der Waals surface area contributed by atoms with E-state index in [0.29, 0.717) is 5.69 Å². The minimum absolute atomic E-state index is 0.155. The van der Waals surface area contributed by atoms with E-state index in [1.54, 1.807) is 12.1 Å². The number of esters is 1. The summed E-state index contributed by atoms with van der Waals surface area (Å²) >= 11 is 0. The third-order valence-corrected chi connectivity index (χ3v) is 1.61. The van der Waals surface area contributed by atoms with Crippen molar-refractivity contribution < 1.29 is 14.3 Å². The molecule has 1 aromatic rings. The molecule has 0 saturated heterocycles. The van der Waals surface area contributed by atoms with Crippen molar-refractivity contribution in [2.45, 2.75) is 0 Å². The standard InChI is InChI=1S/C10H10N2O3/c1-15-9(13)6-5-7-3-2-4-8(12-7)10(11)14/h2-6H,1H3,(H2,11,14). The summed E-state index contributed by atoms with van der Waals surface area (Å²) in [5, 5.41) is 0. The Balaban J connectivity index is 2.87. The maximum atomic E-state index is 10.8. The monoisotopic (exact) mass is 206 g/mol. The van der Waals surface area contributed by atoms with Gasteiger partial charge in [-0.1, -0.05) is 6.07 Å². The lowest BCUT2D eigenvalue weighted by molar-refractivity contribution is -0.134. The Kier molecular flexibility index (Phi) is 3.56. The first-order valence-corrected chi connectivity index (χ1v) is 4.16. The van der Waals surface area contributed by atoms with Crippen molar-refractivity contribution in [2.24, 2.45) is 5.73 Å². The van der Waals surface area contributed by atoms with Gasteiger partial charge in [0.2, 0.25) is 0 Å². The molecule has 1 heterocycles. The van der Waals surface area contributed by atoms with Crippen molar-refractivity contribution in [2.75, 3.05) is 7.11 Å². The highest BCUT2D eigenvalue weighted by Gasteiger charge is 2.01. The number of rotatable bonds is 3. The van der Waals surface area contributed by atoms with Crippen molar-refractivity contribution in [1.82, 2.24) is 4.98 Å².